The molecule has 0 saturated carbocycles. The van der Waals surface area contributed by atoms with Gasteiger partial charge in [0, 0.05) is 31.7 Å². The third-order valence-corrected chi connectivity index (χ3v) is 6.07. The number of hydrogen-bond donors (Lipinski definition) is 0. The number of halogens is 3. The second-order valence-corrected chi connectivity index (χ2v) is 8.44. The van der Waals surface area contributed by atoms with E-state index in [0.29, 0.717) is 48.4 Å². The van der Waals surface area contributed by atoms with Crippen LogP contribution in [0.15, 0.2) is 63.5 Å². The number of alkyl halides is 3. The second kappa shape index (κ2) is 9.57. The first kappa shape index (κ1) is 23.7. The highest BCUT2D eigenvalue weighted by molar-refractivity contribution is 5.96. The van der Waals surface area contributed by atoms with Gasteiger partial charge in [-0.1, -0.05) is 47.6 Å². The molecule has 8 nitrogen and oxygen atoms in total. The van der Waals surface area contributed by atoms with Gasteiger partial charge in [-0.3, -0.25) is 9.69 Å². The SMILES string of the molecule is Cc1onc(-c2ccccc2)c1-c1nnc(CN2CCN(C(=O)c3ccccc3C(F)(F)F)CC2)o1. The fourth-order valence-electron chi connectivity index (χ4n) is 4.22. The molecule has 0 aliphatic carbocycles. The predicted molar refractivity (Wildman–Crippen MR) is 123 cm³/mol. The number of aromatic nitrogens is 3. The number of rotatable bonds is 5. The molecule has 0 atom stereocenters. The number of carbonyl (C=O) groups excluding carboxylic acids is 1. The van der Waals surface area contributed by atoms with Gasteiger partial charge in [-0.2, -0.15) is 13.2 Å². The summed E-state index contributed by atoms with van der Waals surface area (Å²) in [7, 11) is 0. The lowest BCUT2D eigenvalue weighted by Crippen LogP contribution is -2.48. The Balaban J connectivity index is 1.25. The molecule has 0 radical (unpaired) electrons. The average molecular weight is 497 g/mol. The van der Waals surface area contributed by atoms with Crippen molar-refractivity contribution in [2.24, 2.45) is 0 Å². The summed E-state index contributed by atoms with van der Waals surface area (Å²) in [6.45, 7) is 3.60. The molecule has 1 aliphatic rings. The number of amides is 1. The van der Waals surface area contributed by atoms with Crippen LogP contribution in [0.25, 0.3) is 22.7 Å². The summed E-state index contributed by atoms with van der Waals surface area (Å²) in [5.74, 6) is 0.598. The zero-order chi connectivity index (χ0) is 25.3. The maximum absolute atomic E-state index is 13.3. The molecule has 0 bridgehead atoms. The largest absolute Gasteiger partial charge is 0.419 e. The van der Waals surface area contributed by atoms with Gasteiger partial charge in [-0.25, -0.2) is 0 Å². The lowest BCUT2D eigenvalue weighted by atomic mass is 10.1. The quantitative estimate of drug-likeness (QED) is 0.396. The molecule has 1 saturated heterocycles. The summed E-state index contributed by atoms with van der Waals surface area (Å²) in [5.41, 5.74) is 0.832. The summed E-state index contributed by atoms with van der Waals surface area (Å²) < 4.78 is 51.2. The minimum atomic E-state index is -4.59. The molecule has 2 aromatic carbocycles. The number of carbonyl (C=O) groups is 1. The van der Waals surface area contributed by atoms with Crippen LogP contribution in [0.3, 0.4) is 0 Å². The highest BCUT2D eigenvalue weighted by Crippen LogP contribution is 2.34. The van der Waals surface area contributed by atoms with E-state index in [1.54, 1.807) is 6.92 Å². The predicted octanol–water partition coefficient (Wildman–Crippen LogP) is 4.68. The zero-order valence-electron chi connectivity index (χ0n) is 19.3. The number of aryl methyl sites for hydroxylation is 1. The highest BCUT2D eigenvalue weighted by atomic mass is 19.4. The molecule has 2 aromatic heterocycles. The Bertz CT molecular complexity index is 1360. The minimum absolute atomic E-state index is 0.287. The van der Waals surface area contributed by atoms with Gasteiger partial charge in [0.25, 0.3) is 11.8 Å². The summed E-state index contributed by atoms with van der Waals surface area (Å²) in [5, 5.41) is 12.5. The van der Waals surface area contributed by atoms with E-state index in [1.165, 1.54) is 23.1 Å². The summed E-state index contributed by atoms with van der Waals surface area (Å²) in [6.07, 6.45) is -4.59. The zero-order valence-corrected chi connectivity index (χ0v) is 19.3. The summed E-state index contributed by atoms with van der Waals surface area (Å²) in [6, 6.07) is 14.4. The molecule has 1 aliphatic heterocycles. The van der Waals surface area contributed by atoms with Crippen molar-refractivity contribution in [2.75, 3.05) is 26.2 Å². The molecule has 3 heterocycles. The van der Waals surface area contributed by atoms with Crippen molar-refractivity contribution in [1.29, 1.82) is 0 Å². The Morgan fingerprint density at radius 2 is 1.67 bits per heavy atom. The Labute approximate surface area is 204 Å². The molecular formula is C25H22F3N5O3. The van der Waals surface area contributed by atoms with E-state index in [2.05, 4.69) is 15.4 Å². The summed E-state index contributed by atoms with van der Waals surface area (Å²) in [4.78, 5) is 16.2. The van der Waals surface area contributed by atoms with Crippen LogP contribution in [-0.2, 0) is 12.7 Å². The van der Waals surface area contributed by atoms with Gasteiger partial charge in [0.2, 0.25) is 5.89 Å². The fraction of sp³-hybridized carbons (Fsp3) is 0.280. The van der Waals surface area contributed by atoms with Gasteiger partial charge < -0.3 is 13.8 Å². The van der Waals surface area contributed by atoms with Crippen molar-refractivity contribution in [1.82, 2.24) is 25.2 Å². The molecule has 0 spiro atoms. The first-order valence-corrected chi connectivity index (χ1v) is 11.3. The van der Waals surface area contributed by atoms with Crippen LogP contribution in [0, 0.1) is 6.92 Å². The Kier molecular flexibility index (Phi) is 6.31. The molecular weight excluding hydrogens is 475 g/mol. The minimum Gasteiger partial charge on any atom is -0.419 e. The number of piperazine rings is 1. The maximum Gasteiger partial charge on any atom is 0.417 e. The third kappa shape index (κ3) is 4.74. The van der Waals surface area contributed by atoms with Crippen LogP contribution in [0.1, 0.15) is 27.6 Å². The lowest BCUT2D eigenvalue weighted by molar-refractivity contribution is -0.138. The first-order valence-electron chi connectivity index (χ1n) is 11.3. The van der Waals surface area contributed by atoms with Gasteiger partial charge >= 0.3 is 6.18 Å². The van der Waals surface area contributed by atoms with Gasteiger partial charge in [0.1, 0.15) is 17.0 Å². The van der Waals surface area contributed by atoms with Gasteiger partial charge in [0.05, 0.1) is 17.7 Å². The molecule has 5 rings (SSSR count). The van der Waals surface area contributed by atoms with Crippen LogP contribution in [-0.4, -0.2) is 57.2 Å². The van der Waals surface area contributed by atoms with Crippen LogP contribution >= 0.6 is 0 Å². The van der Waals surface area contributed by atoms with Crippen molar-refractivity contribution in [3.8, 4) is 22.7 Å². The molecule has 186 valence electrons. The standard InChI is InChI=1S/C25H22F3N5O3/c1-16-21(22(31-36-16)17-7-3-2-4-8-17)23-30-29-20(35-23)15-32-11-13-33(14-12-32)24(34)18-9-5-6-10-19(18)25(26,27)28/h2-10H,11-15H2,1H3. The molecule has 1 amide bonds. The Hall–Kier alpha value is -3.99. The maximum atomic E-state index is 13.3. The molecule has 36 heavy (non-hydrogen) atoms. The van der Waals surface area contributed by atoms with Crippen LogP contribution in [0.2, 0.25) is 0 Å². The van der Waals surface area contributed by atoms with E-state index in [4.69, 9.17) is 8.94 Å². The van der Waals surface area contributed by atoms with Crippen molar-refractivity contribution in [3.05, 3.63) is 77.4 Å². The highest BCUT2D eigenvalue weighted by Gasteiger charge is 2.36. The van der Waals surface area contributed by atoms with E-state index >= 15 is 0 Å². The van der Waals surface area contributed by atoms with Crippen LogP contribution in [0.5, 0.6) is 0 Å². The Morgan fingerprint density at radius 1 is 0.972 bits per heavy atom. The van der Waals surface area contributed by atoms with Gasteiger partial charge in [0.15, 0.2) is 0 Å². The summed E-state index contributed by atoms with van der Waals surface area (Å²) >= 11 is 0. The topological polar surface area (TPSA) is 88.5 Å². The number of nitrogens with zero attached hydrogens (tertiary/aromatic N) is 5. The van der Waals surface area contributed by atoms with Crippen molar-refractivity contribution in [2.45, 2.75) is 19.6 Å². The monoisotopic (exact) mass is 497 g/mol. The van der Waals surface area contributed by atoms with E-state index in [0.717, 1.165) is 11.6 Å². The van der Waals surface area contributed by atoms with E-state index in [9.17, 15) is 18.0 Å². The Morgan fingerprint density at radius 3 is 2.39 bits per heavy atom. The first-order chi connectivity index (χ1) is 17.3. The number of benzene rings is 2. The lowest BCUT2D eigenvalue weighted by Gasteiger charge is -2.34. The molecule has 0 N–H and O–H groups in total. The normalized spacial score (nSPS) is 14.8. The van der Waals surface area contributed by atoms with E-state index in [1.807, 2.05) is 35.2 Å². The molecule has 11 heteroatoms. The van der Waals surface area contributed by atoms with Crippen molar-refractivity contribution < 1.29 is 26.9 Å². The van der Waals surface area contributed by atoms with Gasteiger partial charge in [-0.15, -0.1) is 10.2 Å². The van der Waals surface area contributed by atoms with Crippen LogP contribution < -0.4 is 0 Å². The van der Waals surface area contributed by atoms with Crippen LogP contribution in [0.4, 0.5) is 13.2 Å². The van der Waals surface area contributed by atoms with Crippen molar-refractivity contribution >= 4 is 5.91 Å². The van der Waals surface area contributed by atoms with E-state index in [-0.39, 0.29) is 18.7 Å². The second-order valence-electron chi connectivity index (χ2n) is 8.44. The van der Waals surface area contributed by atoms with Gasteiger partial charge in [-0.05, 0) is 19.1 Å². The van der Waals surface area contributed by atoms with E-state index < -0.39 is 17.6 Å². The third-order valence-electron chi connectivity index (χ3n) is 6.07. The molecule has 1 fully saturated rings. The molecule has 0 unspecified atom stereocenters. The fourth-order valence-corrected chi connectivity index (χ4v) is 4.22. The molecule has 4 aromatic rings. The smallest absolute Gasteiger partial charge is 0.417 e. The average Bonchev–Trinajstić information content (AvgIpc) is 3.50. The van der Waals surface area contributed by atoms with Crippen molar-refractivity contribution in [3.63, 3.8) is 0 Å². The number of hydrogen-bond acceptors (Lipinski definition) is 7.